The smallest absolute Gasteiger partial charge is 0.408 e. The summed E-state index contributed by atoms with van der Waals surface area (Å²) in [7, 11) is 0. The Morgan fingerprint density at radius 1 is 1.06 bits per heavy atom. The first-order valence-corrected chi connectivity index (χ1v) is 10.5. The average Bonchev–Trinajstić information content (AvgIpc) is 2.66. The standard InChI is InChI=1S/C24H29NO7/c1-14(26)29-21-17-11-12-24(5,6)31-19(17)15-9-7-8-10-16(15)20(21)30-18(27)13-25-22(28)32-23(2,3)4/h7-10H,11-13H2,1-6H3,(H,25,28). The summed E-state index contributed by atoms with van der Waals surface area (Å²) in [5.41, 5.74) is -0.418. The van der Waals surface area contributed by atoms with Gasteiger partial charge in [0.15, 0.2) is 11.5 Å². The third-order valence-corrected chi connectivity index (χ3v) is 4.76. The van der Waals surface area contributed by atoms with Gasteiger partial charge in [0.1, 0.15) is 23.5 Å². The summed E-state index contributed by atoms with van der Waals surface area (Å²) in [6.45, 7) is 10.0. The Hall–Kier alpha value is -3.29. The Morgan fingerprint density at radius 3 is 2.34 bits per heavy atom. The topological polar surface area (TPSA) is 100 Å². The minimum Gasteiger partial charge on any atom is -0.487 e. The average molecular weight is 443 g/mol. The van der Waals surface area contributed by atoms with Crippen molar-refractivity contribution in [3.8, 4) is 17.2 Å². The number of hydrogen-bond acceptors (Lipinski definition) is 7. The van der Waals surface area contributed by atoms with Gasteiger partial charge in [-0.1, -0.05) is 24.3 Å². The Balaban J connectivity index is 1.98. The molecule has 0 aliphatic carbocycles. The van der Waals surface area contributed by atoms with Crippen molar-refractivity contribution in [3.63, 3.8) is 0 Å². The van der Waals surface area contributed by atoms with Crippen LogP contribution in [-0.2, 0) is 20.7 Å². The zero-order chi connectivity index (χ0) is 23.7. The number of ether oxygens (including phenoxy) is 4. The fourth-order valence-electron chi connectivity index (χ4n) is 3.46. The molecule has 0 saturated carbocycles. The van der Waals surface area contributed by atoms with Gasteiger partial charge < -0.3 is 24.3 Å². The highest BCUT2D eigenvalue weighted by molar-refractivity contribution is 6.00. The normalized spacial score (nSPS) is 14.7. The van der Waals surface area contributed by atoms with Crippen molar-refractivity contribution in [2.45, 2.75) is 65.6 Å². The molecule has 172 valence electrons. The molecule has 8 nitrogen and oxygen atoms in total. The number of hydrogen-bond donors (Lipinski definition) is 1. The summed E-state index contributed by atoms with van der Waals surface area (Å²) in [5.74, 6) is -0.385. The molecule has 0 radical (unpaired) electrons. The van der Waals surface area contributed by atoms with E-state index in [1.54, 1.807) is 32.9 Å². The molecule has 8 heteroatoms. The SMILES string of the molecule is CC(=O)Oc1c2c(c3ccccc3c1OC(=O)CNC(=O)OC(C)(C)C)OC(C)(C)CC2. The molecule has 3 rings (SSSR count). The lowest BCUT2D eigenvalue weighted by molar-refractivity contribution is -0.135. The van der Waals surface area contributed by atoms with Crippen LogP contribution in [0.5, 0.6) is 17.2 Å². The van der Waals surface area contributed by atoms with Gasteiger partial charge in [-0.2, -0.15) is 0 Å². The highest BCUT2D eigenvalue weighted by atomic mass is 16.6. The molecule has 0 unspecified atom stereocenters. The number of fused-ring (bicyclic) bond motifs is 3. The quantitative estimate of drug-likeness (QED) is 0.555. The summed E-state index contributed by atoms with van der Waals surface area (Å²) in [5, 5.41) is 3.68. The second-order valence-corrected chi connectivity index (χ2v) is 9.30. The van der Waals surface area contributed by atoms with Gasteiger partial charge in [0.25, 0.3) is 0 Å². The van der Waals surface area contributed by atoms with Gasteiger partial charge in [-0.05, 0) is 47.5 Å². The number of esters is 2. The van der Waals surface area contributed by atoms with E-state index in [9.17, 15) is 14.4 Å². The van der Waals surface area contributed by atoms with Gasteiger partial charge in [0.05, 0.1) is 0 Å². The molecule has 1 amide bonds. The largest absolute Gasteiger partial charge is 0.487 e. The van der Waals surface area contributed by atoms with Crippen molar-refractivity contribution in [1.29, 1.82) is 0 Å². The summed E-state index contributed by atoms with van der Waals surface area (Å²) < 4.78 is 22.5. The van der Waals surface area contributed by atoms with E-state index in [0.29, 0.717) is 29.5 Å². The fourth-order valence-corrected chi connectivity index (χ4v) is 3.46. The van der Waals surface area contributed by atoms with Gasteiger partial charge in [-0.15, -0.1) is 0 Å². The van der Waals surface area contributed by atoms with E-state index in [4.69, 9.17) is 18.9 Å². The first-order valence-electron chi connectivity index (χ1n) is 10.5. The zero-order valence-corrected chi connectivity index (χ0v) is 19.3. The molecule has 2 aromatic rings. The van der Waals surface area contributed by atoms with Crippen LogP contribution in [-0.4, -0.2) is 35.8 Å². The predicted octanol–water partition coefficient (Wildman–Crippen LogP) is 4.30. The Bertz CT molecular complexity index is 1070. The number of alkyl carbamates (subject to hydrolysis) is 1. The number of carbonyl (C=O) groups excluding carboxylic acids is 3. The molecule has 1 heterocycles. The molecule has 32 heavy (non-hydrogen) atoms. The maximum Gasteiger partial charge on any atom is 0.408 e. The summed E-state index contributed by atoms with van der Waals surface area (Å²) in [4.78, 5) is 36.3. The van der Waals surface area contributed by atoms with E-state index in [1.807, 2.05) is 26.0 Å². The van der Waals surface area contributed by atoms with Gasteiger partial charge in [-0.25, -0.2) is 9.59 Å². The van der Waals surface area contributed by atoms with E-state index in [1.165, 1.54) is 6.92 Å². The number of nitrogens with one attached hydrogen (secondary N) is 1. The van der Waals surface area contributed by atoms with Crippen LogP contribution in [0.15, 0.2) is 24.3 Å². The van der Waals surface area contributed by atoms with Gasteiger partial charge >= 0.3 is 18.0 Å². The first-order chi connectivity index (χ1) is 14.9. The van der Waals surface area contributed by atoms with Crippen LogP contribution in [0.2, 0.25) is 0 Å². The van der Waals surface area contributed by atoms with Crippen LogP contribution in [0.3, 0.4) is 0 Å². The zero-order valence-electron chi connectivity index (χ0n) is 19.3. The van der Waals surface area contributed by atoms with Crippen molar-refractivity contribution in [2.24, 2.45) is 0 Å². The van der Waals surface area contributed by atoms with E-state index < -0.39 is 35.8 Å². The lowest BCUT2D eigenvalue weighted by Crippen LogP contribution is -2.36. The molecule has 1 N–H and O–H groups in total. The molecule has 0 aromatic heterocycles. The molecule has 1 aliphatic heterocycles. The third kappa shape index (κ3) is 5.49. The molecule has 1 aliphatic rings. The van der Waals surface area contributed by atoms with E-state index in [-0.39, 0.29) is 11.5 Å². The lowest BCUT2D eigenvalue weighted by atomic mass is 9.91. The van der Waals surface area contributed by atoms with Crippen LogP contribution < -0.4 is 19.5 Å². The fraction of sp³-hybridized carbons (Fsp3) is 0.458. The van der Waals surface area contributed by atoms with Gasteiger partial charge in [0.2, 0.25) is 0 Å². The van der Waals surface area contributed by atoms with E-state index in [0.717, 1.165) is 5.39 Å². The monoisotopic (exact) mass is 443 g/mol. The minimum absolute atomic E-state index is 0.119. The molecule has 2 aromatic carbocycles. The van der Waals surface area contributed by atoms with Crippen LogP contribution in [0.1, 0.15) is 53.5 Å². The highest BCUT2D eigenvalue weighted by Crippen LogP contribution is 2.50. The lowest BCUT2D eigenvalue weighted by Gasteiger charge is -2.34. The molecule has 0 bridgehead atoms. The Kier molecular flexibility index (Phi) is 6.34. The van der Waals surface area contributed by atoms with Crippen molar-refractivity contribution in [2.75, 3.05) is 6.54 Å². The molecule has 0 spiro atoms. The molecular formula is C24H29NO7. The predicted molar refractivity (Wildman–Crippen MR) is 118 cm³/mol. The summed E-state index contributed by atoms with van der Waals surface area (Å²) >= 11 is 0. The van der Waals surface area contributed by atoms with Crippen LogP contribution in [0.4, 0.5) is 4.79 Å². The highest BCUT2D eigenvalue weighted by Gasteiger charge is 2.34. The van der Waals surface area contributed by atoms with Crippen molar-refractivity contribution in [3.05, 3.63) is 29.8 Å². The van der Waals surface area contributed by atoms with E-state index in [2.05, 4.69) is 5.32 Å². The number of benzene rings is 2. The van der Waals surface area contributed by atoms with Gasteiger partial charge in [0, 0.05) is 23.3 Å². The number of rotatable bonds is 4. The third-order valence-electron chi connectivity index (χ3n) is 4.76. The van der Waals surface area contributed by atoms with E-state index >= 15 is 0 Å². The summed E-state index contributed by atoms with van der Waals surface area (Å²) in [6, 6.07) is 7.27. The maximum absolute atomic E-state index is 12.6. The van der Waals surface area contributed by atoms with Crippen LogP contribution in [0, 0.1) is 0 Å². The molecular weight excluding hydrogens is 414 g/mol. The number of carbonyl (C=O) groups is 3. The molecule has 0 atom stereocenters. The van der Waals surface area contributed by atoms with Crippen LogP contribution >= 0.6 is 0 Å². The second kappa shape index (κ2) is 8.68. The first kappa shape index (κ1) is 23.4. The van der Waals surface area contributed by atoms with Crippen molar-refractivity contribution >= 4 is 28.8 Å². The van der Waals surface area contributed by atoms with Crippen molar-refractivity contribution in [1.82, 2.24) is 5.32 Å². The molecule has 0 fully saturated rings. The Labute approximate surface area is 187 Å². The molecule has 0 saturated heterocycles. The van der Waals surface area contributed by atoms with Crippen LogP contribution in [0.25, 0.3) is 10.8 Å². The minimum atomic E-state index is -0.736. The maximum atomic E-state index is 12.6. The van der Waals surface area contributed by atoms with Crippen molar-refractivity contribution < 1.29 is 33.3 Å². The van der Waals surface area contributed by atoms with Gasteiger partial charge in [-0.3, -0.25) is 4.79 Å². The Morgan fingerprint density at radius 2 is 1.72 bits per heavy atom. The summed E-state index contributed by atoms with van der Waals surface area (Å²) in [6.07, 6.45) is 0.539. The number of amides is 1. The second-order valence-electron chi connectivity index (χ2n) is 9.30.